The Hall–Kier alpha value is -0.873. The quantitative estimate of drug-likeness (QED) is 0.0297. The van der Waals surface area contributed by atoms with Crippen molar-refractivity contribution in [1.82, 2.24) is 19.9 Å². The molecule has 382 valence electrons. The molecule has 0 aliphatic rings. The topological polar surface area (TPSA) is 199 Å². The molecule has 0 amide bonds. The Morgan fingerprint density at radius 3 is 1.46 bits per heavy atom. The first-order valence-electron chi connectivity index (χ1n) is 21.0. The van der Waals surface area contributed by atoms with Gasteiger partial charge in [0.1, 0.15) is 25.6 Å². The summed E-state index contributed by atoms with van der Waals surface area (Å²) in [5.41, 5.74) is 0.517. The number of rotatable bonds is 17. The molecular formula is C46H77Br3ClKN4O10Si3. The van der Waals surface area contributed by atoms with Crippen LogP contribution in [-0.2, 0) is 14.2 Å². The number of aromatic carboxylic acids is 1. The standard InChI is InChI=1S/C12H20BrNO2Si.C11H18BrNO2Si.C7H7NO3.C6H15ClOSi.C5H4BrNO.C4H9O.CH4.K/c1-10-5-6-14-12(13)11(10)16-9-15-7-8-17(2,3)4;1-16(2,3)8-7-14-9-15-10-5-4-6-13-11(10)12;1-4-2-3-8-5(6(4)9)7(10)11;1-9(2,3)5-4-8-6-7;6-5-4(8)2-1-3-7-5;1-4(2,3)5;;/h5-6H,7-9H2,1-4H3;4-6H,7-9H2,1-3H3;2-3,9H,1H3,(H,10,11);4-6H2,1-3H3;1-3,8H;1-3H3;1H4;/q;;;;;-1;;+1. The number of hydrogen-bond donors (Lipinski definition) is 3. The summed E-state index contributed by atoms with van der Waals surface area (Å²) in [6, 6.07) is 14.3. The van der Waals surface area contributed by atoms with Crippen molar-refractivity contribution >= 4 is 89.6 Å². The first kappa shape index (κ1) is 73.7. The third-order valence-electron chi connectivity index (χ3n) is 7.50. The molecule has 0 saturated carbocycles. The number of pyridine rings is 4. The minimum Gasteiger partial charge on any atom is -0.850 e. The van der Waals surface area contributed by atoms with E-state index in [1.165, 1.54) is 12.2 Å². The molecule has 14 nitrogen and oxygen atoms in total. The monoisotopic (exact) mass is 1240 g/mol. The van der Waals surface area contributed by atoms with Crippen molar-refractivity contribution in [3.8, 4) is 23.0 Å². The minimum atomic E-state index is -1.22. The first-order chi connectivity index (χ1) is 30.4. The van der Waals surface area contributed by atoms with Crippen molar-refractivity contribution in [2.75, 3.05) is 39.5 Å². The van der Waals surface area contributed by atoms with Crippen LogP contribution >= 0.6 is 59.4 Å². The van der Waals surface area contributed by atoms with Gasteiger partial charge in [0.05, 0.1) is 0 Å². The van der Waals surface area contributed by atoms with E-state index in [1.807, 2.05) is 25.1 Å². The van der Waals surface area contributed by atoms with Gasteiger partial charge >= 0.3 is 57.4 Å². The molecule has 0 saturated heterocycles. The van der Waals surface area contributed by atoms with Gasteiger partial charge in [0, 0.05) is 68.8 Å². The summed E-state index contributed by atoms with van der Waals surface area (Å²) in [4.78, 5) is 25.8. The summed E-state index contributed by atoms with van der Waals surface area (Å²) < 4.78 is 28.9. The molecule has 4 rings (SSSR count). The number of hydrogen-bond acceptors (Lipinski definition) is 13. The number of carboxylic acids is 1. The zero-order valence-corrected chi connectivity index (χ0v) is 53.8. The summed E-state index contributed by atoms with van der Waals surface area (Å²) in [7, 11) is -2.89. The molecule has 4 heterocycles. The Bertz CT molecular complexity index is 1900. The SMILES string of the molecule is C.CC(C)(C)[O-].C[Si](C)(C)CCOCCl.C[Si](C)(C)CCOCOc1cccnc1Br.Cc1ccnc(Br)c1OCOCC[Si](C)(C)C.Cc1ccnc(C(=O)O)c1O.Oc1cccnc1Br.[K+]. The fourth-order valence-corrected chi connectivity index (χ4v) is 7.30. The normalized spacial score (nSPS) is 10.7. The summed E-state index contributed by atoms with van der Waals surface area (Å²) in [5, 5.41) is 36.5. The largest absolute Gasteiger partial charge is 1.00 e. The van der Waals surface area contributed by atoms with Crippen molar-refractivity contribution in [3.63, 3.8) is 0 Å². The summed E-state index contributed by atoms with van der Waals surface area (Å²) >= 11 is 15.0. The molecule has 4 aromatic heterocycles. The molecule has 0 spiro atoms. The Kier molecular flexibility index (Phi) is 42.9. The summed E-state index contributed by atoms with van der Waals surface area (Å²) in [6.45, 7) is 32.4. The Labute approximate surface area is 483 Å². The van der Waals surface area contributed by atoms with Gasteiger partial charge in [-0.15, -0.1) is 5.60 Å². The van der Waals surface area contributed by atoms with Gasteiger partial charge in [-0.2, -0.15) is 0 Å². The second kappa shape index (κ2) is 39.6. The fourth-order valence-electron chi connectivity index (χ4n) is 3.76. The molecule has 3 N–H and O–H groups in total. The zero-order chi connectivity index (χ0) is 51.1. The maximum absolute atomic E-state index is 10.4. The molecule has 0 aliphatic heterocycles. The van der Waals surface area contributed by atoms with E-state index in [0.717, 1.165) is 53.6 Å². The predicted molar refractivity (Wildman–Crippen MR) is 290 cm³/mol. The summed E-state index contributed by atoms with van der Waals surface area (Å²) in [6.07, 6.45) is 6.41. The zero-order valence-electron chi connectivity index (χ0n) is 42.1. The number of carboxylic acid groups (broad SMARTS) is 1. The average molecular weight is 1240 g/mol. The van der Waals surface area contributed by atoms with Crippen LogP contribution < -0.4 is 66.0 Å². The van der Waals surface area contributed by atoms with E-state index in [0.29, 0.717) is 20.8 Å². The Morgan fingerprint density at radius 1 is 0.662 bits per heavy atom. The van der Waals surface area contributed by atoms with Crippen LogP contribution in [0.2, 0.25) is 77.1 Å². The molecule has 4 aromatic rings. The van der Waals surface area contributed by atoms with Gasteiger partial charge < -0.3 is 44.1 Å². The van der Waals surface area contributed by atoms with Crippen LogP contribution in [0.4, 0.5) is 0 Å². The van der Waals surface area contributed by atoms with E-state index < -0.39 is 35.8 Å². The molecule has 0 unspecified atom stereocenters. The van der Waals surface area contributed by atoms with E-state index in [9.17, 15) is 9.90 Å². The molecule has 0 radical (unpaired) electrons. The molecule has 0 bridgehead atoms. The van der Waals surface area contributed by atoms with E-state index in [-0.39, 0.29) is 89.6 Å². The number of aromatic nitrogens is 4. The smallest absolute Gasteiger partial charge is 0.850 e. The van der Waals surface area contributed by atoms with Crippen LogP contribution in [0.25, 0.3) is 0 Å². The van der Waals surface area contributed by atoms with Crippen LogP contribution in [0.3, 0.4) is 0 Å². The van der Waals surface area contributed by atoms with E-state index in [1.54, 1.807) is 64.5 Å². The second-order valence-electron chi connectivity index (χ2n) is 18.9. The molecule has 68 heavy (non-hydrogen) atoms. The van der Waals surface area contributed by atoms with E-state index in [4.69, 9.17) is 50.6 Å². The molecule has 0 fully saturated rings. The molecule has 22 heteroatoms. The minimum absolute atomic E-state index is 0. The molecule has 0 aliphatic carbocycles. The van der Waals surface area contributed by atoms with Crippen LogP contribution in [-0.4, -0.2) is 111 Å². The second-order valence-corrected chi connectivity index (χ2v) is 38.2. The third-order valence-corrected chi connectivity index (χ3v) is 14.5. The maximum Gasteiger partial charge on any atom is 1.00 e. The van der Waals surface area contributed by atoms with Crippen LogP contribution in [0.1, 0.15) is 49.8 Å². The van der Waals surface area contributed by atoms with Gasteiger partial charge in [-0.1, -0.05) is 98.7 Å². The van der Waals surface area contributed by atoms with Crippen molar-refractivity contribution in [2.45, 2.75) is 125 Å². The number of aryl methyl sites for hydroxylation is 2. The Morgan fingerprint density at radius 2 is 1.07 bits per heavy atom. The molecule has 0 aromatic carbocycles. The number of alkyl halides is 1. The van der Waals surface area contributed by atoms with Crippen molar-refractivity contribution < 1.29 is 100 Å². The summed E-state index contributed by atoms with van der Waals surface area (Å²) in [5.74, 6) is 0.176. The van der Waals surface area contributed by atoms with E-state index in [2.05, 4.69) is 127 Å². The number of carbonyl (C=O) groups is 1. The van der Waals surface area contributed by atoms with Gasteiger partial charge in [0.15, 0.2) is 36.5 Å². The number of nitrogens with zero attached hydrogens (tertiary/aromatic N) is 4. The number of aromatic hydroxyl groups is 2. The van der Waals surface area contributed by atoms with Gasteiger partial charge in [-0.3, -0.25) is 0 Å². The van der Waals surface area contributed by atoms with Gasteiger partial charge in [-0.25, -0.2) is 24.7 Å². The third kappa shape index (κ3) is 45.0. The van der Waals surface area contributed by atoms with Crippen LogP contribution in [0, 0.1) is 13.8 Å². The number of ether oxygens (including phenoxy) is 5. The molecule has 0 atom stereocenters. The van der Waals surface area contributed by atoms with Crippen molar-refractivity contribution in [1.29, 1.82) is 0 Å². The Balaban J connectivity index is -0.000000373. The fraction of sp³-hybridized carbons (Fsp3) is 0.543. The van der Waals surface area contributed by atoms with Crippen molar-refractivity contribution in [2.24, 2.45) is 0 Å². The number of halogens is 4. The van der Waals surface area contributed by atoms with Crippen LogP contribution in [0.15, 0.2) is 75.0 Å². The van der Waals surface area contributed by atoms with Gasteiger partial charge in [0.25, 0.3) is 0 Å². The van der Waals surface area contributed by atoms with E-state index >= 15 is 0 Å². The average Bonchev–Trinajstić information content (AvgIpc) is 3.18. The van der Waals surface area contributed by atoms with Crippen molar-refractivity contribution in [3.05, 3.63) is 91.8 Å². The maximum atomic E-state index is 10.4. The first-order valence-corrected chi connectivity index (χ1v) is 35.1. The van der Waals surface area contributed by atoms with Crippen LogP contribution in [0.5, 0.6) is 23.0 Å². The van der Waals surface area contributed by atoms with Gasteiger partial charge in [0.2, 0.25) is 0 Å². The molecular weight excluding hydrogens is 1170 g/mol. The van der Waals surface area contributed by atoms with Gasteiger partial charge in [-0.05, 0) is 127 Å². The predicted octanol–water partition coefficient (Wildman–Crippen LogP) is 10.0.